The summed E-state index contributed by atoms with van der Waals surface area (Å²) in [6.07, 6.45) is 6.77. The summed E-state index contributed by atoms with van der Waals surface area (Å²) >= 11 is 0. The van der Waals surface area contributed by atoms with Gasteiger partial charge in [0.2, 0.25) is 0 Å². The summed E-state index contributed by atoms with van der Waals surface area (Å²) in [6.45, 7) is 2.50. The van der Waals surface area contributed by atoms with E-state index in [1.165, 1.54) is 30.9 Å². The summed E-state index contributed by atoms with van der Waals surface area (Å²) in [7, 11) is 2.19. The second kappa shape index (κ2) is 4.42. The van der Waals surface area contributed by atoms with E-state index in [1.807, 2.05) is 0 Å². The van der Waals surface area contributed by atoms with Crippen molar-refractivity contribution in [3.63, 3.8) is 0 Å². The molecule has 3 heterocycles. The Morgan fingerprint density at radius 1 is 1.41 bits per heavy atom. The van der Waals surface area contributed by atoms with Crippen LogP contribution in [0.4, 0.5) is 0 Å². The van der Waals surface area contributed by atoms with Crippen LogP contribution in [-0.2, 0) is 13.0 Å². The zero-order valence-corrected chi connectivity index (χ0v) is 10.5. The summed E-state index contributed by atoms with van der Waals surface area (Å²) in [4.78, 5) is 7.19. The predicted octanol–water partition coefficient (Wildman–Crippen LogP) is 1.20. The molecule has 17 heavy (non-hydrogen) atoms. The van der Waals surface area contributed by atoms with Crippen LogP contribution in [0.25, 0.3) is 0 Å². The van der Waals surface area contributed by atoms with Crippen molar-refractivity contribution in [2.75, 3.05) is 20.2 Å². The lowest BCUT2D eigenvalue weighted by Crippen LogP contribution is -2.21. The maximum absolute atomic E-state index is 9.23. The first kappa shape index (κ1) is 11.2. The molecule has 2 aliphatic rings. The number of fused-ring (bicyclic) bond motifs is 1. The van der Waals surface area contributed by atoms with E-state index in [0.717, 1.165) is 19.4 Å². The molecule has 1 fully saturated rings. The van der Waals surface area contributed by atoms with E-state index in [9.17, 15) is 5.11 Å². The van der Waals surface area contributed by atoms with Crippen LogP contribution in [0.15, 0.2) is 6.20 Å². The van der Waals surface area contributed by atoms with Gasteiger partial charge in [0.05, 0.1) is 11.7 Å². The first-order chi connectivity index (χ1) is 8.28. The number of hydrogen-bond acceptors (Lipinski definition) is 3. The van der Waals surface area contributed by atoms with Gasteiger partial charge in [-0.3, -0.25) is 4.90 Å². The van der Waals surface area contributed by atoms with Crippen LogP contribution in [0, 0.1) is 5.92 Å². The minimum Gasteiger partial charge on any atom is -0.396 e. The molecule has 1 N–H and O–H groups in total. The molecule has 0 amide bonds. The van der Waals surface area contributed by atoms with Crippen LogP contribution in [0.5, 0.6) is 0 Å². The molecule has 0 saturated carbocycles. The van der Waals surface area contributed by atoms with E-state index in [-0.39, 0.29) is 0 Å². The number of rotatable bonds is 2. The molecule has 2 aliphatic heterocycles. The van der Waals surface area contributed by atoms with Crippen molar-refractivity contribution in [1.29, 1.82) is 0 Å². The fourth-order valence-corrected chi connectivity index (χ4v) is 3.12. The minimum absolute atomic E-state index is 0.297. The Hall–Kier alpha value is -0.870. The van der Waals surface area contributed by atoms with Crippen molar-refractivity contribution in [3.05, 3.63) is 17.7 Å². The largest absolute Gasteiger partial charge is 0.396 e. The maximum atomic E-state index is 9.23. The number of aliphatic hydroxyl groups is 1. The van der Waals surface area contributed by atoms with Gasteiger partial charge < -0.3 is 9.67 Å². The summed E-state index contributed by atoms with van der Waals surface area (Å²) in [5.74, 6) is 1.59. The van der Waals surface area contributed by atoms with E-state index in [2.05, 4.69) is 22.7 Å². The molecule has 0 bridgehead atoms. The van der Waals surface area contributed by atoms with Crippen molar-refractivity contribution in [1.82, 2.24) is 14.5 Å². The van der Waals surface area contributed by atoms with Gasteiger partial charge in [0, 0.05) is 25.8 Å². The Labute approximate surface area is 102 Å². The van der Waals surface area contributed by atoms with Gasteiger partial charge >= 0.3 is 0 Å². The summed E-state index contributed by atoms with van der Waals surface area (Å²) < 4.78 is 2.29. The third-order valence-electron chi connectivity index (χ3n) is 4.25. The number of aliphatic hydroxyl groups excluding tert-OH is 1. The van der Waals surface area contributed by atoms with Gasteiger partial charge in [-0.2, -0.15) is 0 Å². The first-order valence-corrected chi connectivity index (χ1v) is 6.65. The predicted molar refractivity (Wildman–Crippen MR) is 65.7 cm³/mol. The fourth-order valence-electron chi connectivity index (χ4n) is 3.12. The fraction of sp³-hybridized carbons (Fsp3) is 0.769. The molecule has 1 aromatic rings. The van der Waals surface area contributed by atoms with Gasteiger partial charge in [0.25, 0.3) is 0 Å². The van der Waals surface area contributed by atoms with Crippen molar-refractivity contribution < 1.29 is 5.11 Å². The first-order valence-electron chi connectivity index (χ1n) is 6.65. The number of aryl methyl sites for hydroxylation is 1. The molecular formula is C13H21N3O. The van der Waals surface area contributed by atoms with Crippen LogP contribution in [0.2, 0.25) is 0 Å². The van der Waals surface area contributed by atoms with Crippen LogP contribution >= 0.6 is 0 Å². The lowest BCUT2D eigenvalue weighted by molar-refractivity contribution is 0.199. The van der Waals surface area contributed by atoms with Crippen LogP contribution in [0.3, 0.4) is 0 Å². The van der Waals surface area contributed by atoms with E-state index in [0.29, 0.717) is 18.6 Å². The molecule has 4 heteroatoms. The highest BCUT2D eigenvalue weighted by molar-refractivity contribution is 5.12. The highest BCUT2D eigenvalue weighted by atomic mass is 16.3. The Morgan fingerprint density at radius 2 is 2.29 bits per heavy atom. The average Bonchev–Trinajstić information content (AvgIpc) is 2.93. The zero-order valence-electron chi connectivity index (χ0n) is 10.5. The number of nitrogens with zero attached hydrogens (tertiary/aromatic N) is 3. The molecule has 1 aromatic heterocycles. The standard InChI is InChI=1S/C13H21N3O/c1-15-5-2-3-12(15)11-8-16-6-4-10(9-17)7-13(16)14-11/h8,10,12,17H,2-7,9H2,1H3. The van der Waals surface area contributed by atoms with Gasteiger partial charge in [-0.1, -0.05) is 0 Å². The summed E-state index contributed by atoms with van der Waals surface area (Å²) in [5, 5.41) is 9.23. The Kier molecular flexibility index (Phi) is 2.92. The average molecular weight is 235 g/mol. The number of hydrogen-bond donors (Lipinski definition) is 1. The SMILES string of the molecule is CN1CCCC1c1cn2c(n1)CC(CO)CC2. The Balaban J connectivity index is 1.82. The summed E-state index contributed by atoms with van der Waals surface area (Å²) in [5.41, 5.74) is 1.23. The number of aromatic nitrogens is 2. The third-order valence-corrected chi connectivity index (χ3v) is 4.25. The molecule has 4 nitrogen and oxygen atoms in total. The Morgan fingerprint density at radius 3 is 3.00 bits per heavy atom. The molecule has 0 aromatic carbocycles. The molecule has 2 unspecified atom stereocenters. The van der Waals surface area contributed by atoms with Crippen molar-refractivity contribution in [2.45, 2.75) is 38.3 Å². The lowest BCUT2D eigenvalue weighted by atomic mass is 9.99. The molecule has 0 aliphatic carbocycles. The molecule has 1 saturated heterocycles. The Bertz CT molecular complexity index is 401. The van der Waals surface area contributed by atoms with Crippen LogP contribution in [-0.4, -0.2) is 39.8 Å². The second-order valence-electron chi connectivity index (χ2n) is 5.46. The molecular weight excluding hydrogens is 214 g/mol. The molecule has 3 rings (SSSR count). The van der Waals surface area contributed by atoms with Gasteiger partial charge in [-0.15, -0.1) is 0 Å². The van der Waals surface area contributed by atoms with Gasteiger partial charge in [0.1, 0.15) is 5.82 Å². The highest BCUT2D eigenvalue weighted by Gasteiger charge is 2.27. The zero-order chi connectivity index (χ0) is 11.8. The van der Waals surface area contributed by atoms with Gasteiger partial charge in [0.15, 0.2) is 0 Å². The van der Waals surface area contributed by atoms with E-state index < -0.39 is 0 Å². The number of imidazole rings is 1. The second-order valence-corrected chi connectivity index (χ2v) is 5.46. The topological polar surface area (TPSA) is 41.3 Å². The van der Waals surface area contributed by atoms with Gasteiger partial charge in [-0.05, 0) is 38.8 Å². The minimum atomic E-state index is 0.297. The molecule has 2 atom stereocenters. The summed E-state index contributed by atoms with van der Waals surface area (Å²) in [6, 6.07) is 0.515. The quantitative estimate of drug-likeness (QED) is 0.837. The van der Waals surface area contributed by atoms with Crippen LogP contribution in [0.1, 0.15) is 36.8 Å². The van der Waals surface area contributed by atoms with Crippen molar-refractivity contribution in [2.24, 2.45) is 5.92 Å². The van der Waals surface area contributed by atoms with E-state index in [1.54, 1.807) is 0 Å². The molecule has 0 radical (unpaired) electrons. The van der Waals surface area contributed by atoms with E-state index >= 15 is 0 Å². The van der Waals surface area contributed by atoms with Crippen LogP contribution < -0.4 is 0 Å². The smallest absolute Gasteiger partial charge is 0.109 e. The van der Waals surface area contributed by atoms with E-state index in [4.69, 9.17) is 4.98 Å². The highest BCUT2D eigenvalue weighted by Crippen LogP contribution is 2.31. The molecule has 94 valence electrons. The van der Waals surface area contributed by atoms with Crippen molar-refractivity contribution >= 4 is 0 Å². The lowest BCUT2D eigenvalue weighted by Gasteiger charge is -2.20. The van der Waals surface area contributed by atoms with Crippen molar-refractivity contribution in [3.8, 4) is 0 Å². The third kappa shape index (κ3) is 2.00. The monoisotopic (exact) mass is 235 g/mol. The normalized spacial score (nSPS) is 29.5. The molecule has 0 spiro atoms. The van der Waals surface area contributed by atoms with Gasteiger partial charge in [-0.25, -0.2) is 4.98 Å². The maximum Gasteiger partial charge on any atom is 0.109 e. The number of likely N-dealkylation sites (tertiary alicyclic amines) is 1.